The summed E-state index contributed by atoms with van der Waals surface area (Å²) in [7, 11) is 0. The summed E-state index contributed by atoms with van der Waals surface area (Å²) < 4.78 is 0. The molecule has 2 aliphatic carbocycles. The Hall–Kier alpha value is -0.770. The minimum Gasteiger partial charge on any atom is -0.335 e. The quantitative estimate of drug-likeness (QED) is 0.806. The second-order valence-electron chi connectivity index (χ2n) is 6.08. The number of likely N-dealkylation sites (N-methyl/N-ethyl adjacent to an activating group) is 1. The first-order valence-electron chi connectivity index (χ1n) is 7.39. The van der Waals surface area contributed by atoms with Gasteiger partial charge in [0.15, 0.2) is 0 Å². The summed E-state index contributed by atoms with van der Waals surface area (Å²) >= 11 is 0. The number of nitrogens with zero attached hydrogens (tertiary/aromatic N) is 1. The standard InChI is InChI=1S/C14H27N3O/c1-3-17(13(18)16-12-4-5-12)14(10-15)8-6-11(2)7-9-14/h11-12H,3-10,15H2,1-2H3,(H,16,18). The van der Waals surface area contributed by atoms with Crippen molar-refractivity contribution in [3.8, 4) is 0 Å². The fourth-order valence-corrected chi connectivity index (χ4v) is 3.06. The minimum atomic E-state index is -0.0970. The Bertz CT molecular complexity index is 293. The van der Waals surface area contributed by atoms with Crippen molar-refractivity contribution in [1.29, 1.82) is 0 Å². The van der Waals surface area contributed by atoms with E-state index in [0.29, 0.717) is 12.6 Å². The number of carbonyl (C=O) groups excluding carboxylic acids is 1. The molecule has 0 radical (unpaired) electrons. The zero-order valence-corrected chi connectivity index (χ0v) is 11.7. The van der Waals surface area contributed by atoms with Gasteiger partial charge in [-0.3, -0.25) is 0 Å². The first-order valence-corrected chi connectivity index (χ1v) is 7.39. The highest BCUT2D eigenvalue weighted by Crippen LogP contribution is 2.36. The molecule has 4 nitrogen and oxygen atoms in total. The second-order valence-corrected chi connectivity index (χ2v) is 6.08. The lowest BCUT2D eigenvalue weighted by Gasteiger charge is -2.46. The summed E-state index contributed by atoms with van der Waals surface area (Å²) in [5.41, 5.74) is 5.93. The Morgan fingerprint density at radius 2 is 1.94 bits per heavy atom. The SMILES string of the molecule is CCN(C(=O)NC1CC1)C1(CN)CCC(C)CC1. The molecule has 0 aromatic carbocycles. The van der Waals surface area contributed by atoms with E-state index in [9.17, 15) is 4.79 Å². The van der Waals surface area contributed by atoms with Gasteiger partial charge in [0.25, 0.3) is 0 Å². The Morgan fingerprint density at radius 3 is 2.39 bits per heavy atom. The molecule has 0 unspecified atom stereocenters. The lowest BCUT2D eigenvalue weighted by molar-refractivity contribution is 0.0748. The highest BCUT2D eigenvalue weighted by molar-refractivity contribution is 5.75. The monoisotopic (exact) mass is 253 g/mol. The van der Waals surface area contributed by atoms with Gasteiger partial charge in [-0.1, -0.05) is 6.92 Å². The van der Waals surface area contributed by atoms with Gasteiger partial charge in [-0.25, -0.2) is 4.79 Å². The number of rotatable bonds is 4. The highest BCUT2D eigenvalue weighted by Gasteiger charge is 2.41. The van der Waals surface area contributed by atoms with Crippen LogP contribution in [0, 0.1) is 5.92 Å². The number of nitrogens with two attached hydrogens (primary N) is 1. The molecule has 0 bridgehead atoms. The number of hydrogen-bond acceptors (Lipinski definition) is 2. The van der Waals surface area contributed by atoms with E-state index in [-0.39, 0.29) is 11.6 Å². The van der Waals surface area contributed by atoms with Crippen LogP contribution in [0.25, 0.3) is 0 Å². The molecular weight excluding hydrogens is 226 g/mol. The summed E-state index contributed by atoms with van der Waals surface area (Å²) in [5, 5.41) is 3.10. The third-order valence-electron chi connectivity index (χ3n) is 4.62. The van der Waals surface area contributed by atoms with Crippen molar-refractivity contribution in [2.45, 2.75) is 64.0 Å². The van der Waals surface area contributed by atoms with Crippen molar-refractivity contribution in [1.82, 2.24) is 10.2 Å². The predicted octanol–water partition coefficient (Wildman–Crippen LogP) is 2.09. The van der Waals surface area contributed by atoms with Crippen molar-refractivity contribution in [3.05, 3.63) is 0 Å². The highest BCUT2D eigenvalue weighted by atomic mass is 16.2. The largest absolute Gasteiger partial charge is 0.335 e. The Labute approximate surface area is 110 Å². The van der Waals surface area contributed by atoms with Gasteiger partial charge < -0.3 is 16.0 Å². The average Bonchev–Trinajstić information content (AvgIpc) is 3.17. The zero-order valence-electron chi connectivity index (χ0n) is 11.7. The molecule has 0 aliphatic heterocycles. The molecular formula is C14H27N3O. The molecule has 2 fully saturated rings. The minimum absolute atomic E-state index is 0.0970. The van der Waals surface area contributed by atoms with E-state index in [0.717, 1.165) is 38.1 Å². The molecule has 0 aromatic heterocycles. The van der Waals surface area contributed by atoms with E-state index in [1.807, 2.05) is 4.90 Å². The van der Waals surface area contributed by atoms with E-state index < -0.39 is 0 Å². The van der Waals surface area contributed by atoms with E-state index in [2.05, 4.69) is 19.2 Å². The van der Waals surface area contributed by atoms with Gasteiger partial charge in [0, 0.05) is 19.1 Å². The summed E-state index contributed by atoms with van der Waals surface area (Å²) in [6.45, 7) is 5.69. The van der Waals surface area contributed by atoms with Crippen molar-refractivity contribution >= 4 is 6.03 Å². The lowest BCUT2D eigenvalue weighted by atomic mass is 9.76. The fraction of sp³-hybridized carbons (Fsp3) is 0.929. The molecule has 4 heteroatoms. The van der Waals surface area contributed by atoms with Crippen LogP contribution < -0.4 is 11.1 Å². The maximum atomic E-state index is 12.3. The zero-order chi connectivity index (χ0) is 13.2. The van der Waals surface area contributed by atoms with Gasteiger partial charge in [0.1, 0.15) is 0 Å². The van der Waals surface area contributed by atoms with Gasteiger partial charge in [-0.2, -0.15) is 0 Å². The molecule has 0 heterocycles. The Balaban J connectivity index is 2.04. The fourth-order valence-electron chi connectivity index (χ4n) is 3.06. The van der Waals surface area contributed by atoms with Crippen LogP contribution in [0.1, 0.15) is 52.4 Å². The number of carbonyl (C=O) groups is 1. The molecule has 2 amide bonds. The molecule has 2 rings (SSSR count). The number of nitrogens with one attached hydrogen (secondary N) is 1. The van der Waals surface area contributed by atoms with Gasteiger partial charge in [0.2, 0.25) is 0 Å². The van der Waals surface area contributed by atoms with Crippen LogP contribution in [0.3, 0.4) is 0 Å². The van der Waals surface area contributed by atoms with Crippen molar-refractivity contribution in [3.63, 3.8) is 0 Å². The third kappa shape index (κ3) is 2.79. The first kappa shape index (κ1) is 13.7. The predicted molar refractivity (Wildman–Crippen MR) is 73.4 cm³/mol. The van der Waals surface area contributed by atoms with E-state index in [4.69, 9.17) is 5.73 Å². The molecule has 0 atom stereocenters. The van der Waals surface area contributed by atoms with E-state index >= 15 is 0 Å². The summed E-state index contributed by atoms with van der Waals surface area (Å²) in [6, 6.07) is 0.517. The molecule has 0 spiro atoms. The van der Waals surface area contributed by atoms with Crippen LogP contribution >= 0.6 is 0 Å². The smallest absolute Gasteiger partial charge is 0.318 e. The summed E-state index contributed by atoms with van der Waals surface area (Å²) in [4.78, 5) is 14.3. The van der Waals surface area contributed by atoms with E-state index in [1.165, 1.54) is 12.8 Å². The maximum Gasteiger partial charge on any atom is 0.318 e. The summed E-state index contributed by atoms with van der Waals surface area (Å²) in [6.07, 6.45) is 6.74. The van der Waals surface area contributed by atoms with Crippen molar-refractivity contribution < 1.29 is 4.79 Å². The van der Waals surface area contributed by atoms with E-state index in [1.54, 1.807) is 0 Å². The molecule has 18 heavy (non-hydrogen) atoms. The van der Waals surface area contributed by atoms with Crippen LogP contribution in [0.4, 0.5) is 4.79 Å². The molecule has 2 saturated carbocycles. The molecule has 0 aromatic rings. The second kappa shape index (κ2) is 5.47. The molecule has 104 valence electrons. The topological polar surface area (TPSA) is 58.4 Å². The number of amides is 2. The Kier molecular flexibility index (Phi) is 4.15. The number of urea groups is 1. The summed E-state index contributed by atoms with van der Waals surface area (Å²) in [5.74, 6) is 0.773. The normalized spacial score (nSPS) is 32.1. The molecule has 2 aliphatic rings. The van der Waals surface area contributed by atoms with Gasteiger partial charge in [-0.15, -0.1) is 0 Å². The van der Waals surface area contributed by atoms with Crippen molar-refractivity contribution in [2.75, 3.05) is 13.1 Å². The van der Waals surface area contributed by atoms with Crippen LogP contribution in [-0.2, 0) is 0 Å². The van der Waals surface area contributed by atoms with Crippen molar-refractivity contribution in [2.24, 2.45) is 11.7 Å². The Morgan fingerprint density at radius 1 is 1.33 bits per heavy atom. The molecule has 0 saturated heterocycles. The maximum absolute atomic E-state index is 12.3. The lowest BCUT2D eigenvalue weighted by Crippen LogP contribution is -2.60. The van der Waals surface area contributed by atoms with Crippen LogP contribution in [0.15, 0.2) is 0 Å². The van der Waals surface area contributed by atoms with Crippen LogP contribution in [0.5, 0.6) is 0 Å². The van der Waals surface area contributed by atoms with Crippen LogP contribution in [0.2, 0.25) is 0 Å². The average molecular weight is 253 g/mol. The molecule has 3 N–H and O–H groups in total. The first-order chi connectivity index (χ1) is 8.61. The van der Waals surface area contributed by atoms with Crippen LogP contribution in [-0.4, -0.2) is 35.6 Å². The third-order valence-corrected chi connectivity index (χ3v) is 4.62. The van der Waals surface area contributed by atoms with Gasteiger partial charge >= 0.3 is 6.03 Å². The van der Waals surface area contributed by atoms with Gasteiger partial charge in [-0.05, 0) is 51.4 Å². The number of hydrogen-bond donors (Lipinski definition) is 2. The van der Waals surface area contributed by atoms with Gasteiger partial charge in [0.05, 0.1) is 5.54 Å².